The maximum absolute atomic E-state index is 12.5. The van der Waals surface area contributed by atoms with E-state index < -0.39 is 0 Å². The third-order valence-electron chi connectivity index (χ3n) is 5.00. The van der Waals surface area contributed by atoms with Crippen LogP contribution in [0.2, 0.25) is 10.0 Å². The van der Waals surface area contributed by atoms with E-state index in [1.165, 1.54) is 0 Å². The second kappa shape index (κ2) is 9.23. The zero-order valence-corrected chi connectivity index (χ0v) is 19.4. The van der Waals surface area contributed by atoms with E-state index in [1.54, 1.807) is 36.4 Å². The molecule has 4 aromatic rings. The molecular weight excluding hydrogens is 447 g/mol. The summed E-state index contributed by atoms with van der Waals surface area (Å²) in [5.41, 5.74) is 4.52. The lowest BCUT2D eigenvalue weighted by molar-refractivity contribution is -0.118. The van der Waals surface area contributed by atoms with Crippen LogP contribution in [0.15, 0.2) is 59.0 Å². The third-order valence-corrected chi connectivity index (χ3v) is 5.82. The normalized spacial score (nSPS) is 11.2. The quantitative estimate of drug-likeness (QED) is 0.323. The third kappa shape index (κ3) is 4.74. The van der Waals surface area contributed by atoms with Crippen LogP contribution in [0.3, 0.4) is 0 Å². The van der Waals surface area contributed by atoms with E-state index in [9.17, 15) is 4.79 Å². The number of halogens is 2. The Bertz CT molecular complexity index is 1300. The second-order valence-corrected chi connectivity index (χ2v) is 8.62. The van der Waals surface area contributed by atoms with Crippen molar-refractivity contribution in [3.8, 4) is 17.2 Å². The first-order chi connectivity index (χ1) is 15.3. The highest BCUT2D eigenvalue weighted by Crippen LogP contribution is 2.35. The first-order valence-electron chi connectivity index (χ1n) is 10.2. The zero-order valence-electron chi connectivity index (χ0n) is 17.9. The molecule has 0 aliphatic rings. The molecule has 1 aromatic heterocycles. The molecule has 164 valence electrons. The summed E-state index contributed by atoms with van der Waals surface area (Å²) in [7, 11) is 0. The van der Waals surface area contributed by atoms with Crippen molar-refractivity contribution in [1.82, 2.24) is 4.98 Å². The van der Waals surface area contributed by atoms with Gasteiger partial charge in [0.15, 0.2) is 12.2 Å². The highest BCUT2D eigenvalue weighted by molar-refractivity contribution is 6.43. The Morgan fingerprint density at radius 2 is 1.94 bits per heavy atom. The summed E-state index contributed by atoms with van der Waals surface area (Å²) < 4.78 is 11.6. The molecule has 3 aromatic carbocycles. The van der Waals surface area contributed by atoms with Gasteiger partial charge in [0, 0.05) is 5.69 Å². The van der Waals surface area contributed by atoms with Gasteiger partial charge in [-0.15, -0.1) is 0 Å². The number of hydrogen-bond acceptors (Lipinski definition) is 4. The molecular formula is C25H22Cl2N2O3. The van der Waals surface area contributed by atoms with Gasteiger partial charge in [-0.2, -0.15) is 0 Å². The summed E-state index contributed by atoms with van der Waals surface area (Å²) in [6, 6.07) is 16.5. The van der Waals surface area contributed by atoms with Crippen molar-refractivity contribution in [2.45, 2.75) is 26.7 Å². The SMILES string of the molecule is Cc1ccc(C(C)C)c(OCC(=O)Nc2ccc3oc(-c4cccc(Cl)c4Cl)nc3c2)c1. The molecule has 0 bridgehead atoms. The number of aryl methyl sites for hydroxylation is 1. The van der Waals surface area contributed by atoms with Crippen LogP contribution in [0.5, 0.6) is 5.75 Å². The highest BCUT2D eigenvalue weighted by atomic mass is 35.5. The van der Waals surface area contributed by atoms with Gasteiger partial charge >= 0.3 is 0 Å². The number of fused-ring (bicyclic) bond motifs is 1. The number of hydrogen-bond donors (Lipinski definition) is 1. The average Bonchev–Trinajstić information content (AvgIpc) is 3.17. The minimum Gasteiger partial charge on any atom is -0.483 e. The van der Waals surface area contributed by atoms with Crippen LogP contribution in [0.25, 0.3) is 22.6 Å². The topological polar surface area (TPSA) is 64.4 Å². The van der Waals surface area contributed by atoms with Crippen LogP contribution in [0.4, 0.5) is 5.69 Å². The van der Waals surface area contributed by atoms with Gasteiger partial charge in [0.05, 0.1) is 15.6 Å². The fourth-order valence-electron chi connectivity index (χ4n) is 3.37. The fraction of sp³-hybridized carbons (Fsp3) is 0.200. The minimum atomic E-state index is -0.262. The fourth-order valence-corrected chi connectivity index (χ4v) is 3.75. The Labute approximate surface area is 196 Å². The van der Waals surface area contributed by atoms with E-state index in [1.807, 2.05) is 25.1 Å². The van der Waals surface area contributed by atoms with Gasteiger partial charge in [-0.05, 0) is 60.4 Å². The number of ether oxygens (including phenoxy) is 1. The number of oxazole rings is 1. The molecule has 0 unspecified atom stereocenters. The summed E-state index contributed by atoms with van der Waals surface area (Å²) in [4.78, 5) is 17.0. The number of rotatable bonds is 6. The number of nitrogens with zero attached hydrogens (tertiary/aromatic N) is 1. The Hall–Kier alpha value is -3.02. The number of anilines is 1. The Morgan fingerprint density at radius 3 is 2.72 bits per heavy atom. The van der Waals surface area contributed by atoms with Crippen molar-refractivity contribution in [3.05, 3.63) is 75.8 Å². The lowest BCUT2D eigenvalue weighted by Gasteiger charge is -2.14. The largest absolute Gasteiger partial charge is 0.483 e. The molecule has 4 rings (SSSR count). The van der Waals surface area contributed by atoms with Crippen molar-refractivity contribution in [1.29, 1.82) is 0 Å². The van der Waals surface area contributed by atoms with Gasteiger partial charge < -0.3 is 14.5 Å². The monoisotopic (exact) mass is 468 g/mol. The molecule has 7 heteroatoms. The van der Waals surface area contributed by atoms with E-state index in [-0.39, 0.29) is 12.5 Å². The number of nitrogens with one attached hydrogen (secondary N) is 1. The van der Waals surface area contributed by atoms with Crippen molar-refractivity contribution in [3.63, 3.8) is 0 Å². The lowest BCUT2D eigenvalue weighted by Crippen LogP contribution is -2.20. The molecule has 32 heavy (non-hydrogen) atoms. The summed E-state index contributed by atoms with van der Waals surface area (Å²) in [5, 5.41) is 3.65. The first-order valence-corrected chi connectivity index (χ1v) is 11.0. The molecule has 0 spiro atoms. The summed E-state index contributed by atoms with van der Waals surface area (Å²) in [6.07, 6.45) is 0. The molecule has 0 aliphatic heterocycles. The standard InChI is InChI=1S/C25H22Cl2N2O3/c1-14(2)17-9-7-15(3)11-22(17)31-13-23(30)28-16-8-10-21-20(12-16)29-25(32-21)18-5-4-6-19(26)24(18)27/h4-12,14H,13H2,1-3H3,(H,28,30). The Morgan fingerprint density at radius 1 is 1.12 bits per heavy atom. The van der Waals surface area contributed by atoms with Crippen LogP contribution in [0.1, 0.15) is 30.9 Å². The van der Waals surface area contributed by atoms with Gasteiger partial charge in [0.2, 0.25) is 5.89 Å². The van der Waals surface area contributed by atoms with Crippen molar-refractivity contribution in [2.24, 2.45) is 0 Å². The van der Waals surface area contributed by atoms with Gasteiger partial charge in [0.1, 0.15) is 11.3 Å². The molecule has 0 radical (unpaired) electrons. The van der Waals surface area contributed by atoms with E-state index >= 15 is 0 Å². The second-order valence-electron chi connectivity index (χ2n) is 7.84. The van der Waals surface area contributed by atoms with E-state index in [2.05, 4.69) is 24.1 Å². The lowest BCUT2D eigenvalue weighted by atomic mass is 10.0. The summed E-state index contributed by atoms with van der Waals surface area (Å²) in [5.74, 6) is 1.12. The van der Waals surface area contributed by atoms with Gasteiger partial charge in [-0.1, -0.05) is 55.2 Å². The highest BCUT2D eigenvalue weighted by Gasteiger charge is 2.15. The summed E-state index contributed by atoms with van der Waals surface area (Å²) >= 11 is 12.4. The first kappa shape index (κ1) is 22.2. The minimum absolute atomic E-state index is 0.0939. The van der Waals surface area contributed by atoms with E-state index in [4.69, 9.17) is 32.4 Å². The number of benzene rings is 3. The Balaban J connectivity index is 1.48. The number of carbonyl (C=O) groups excluding carboxylic acids is 1. The average molecular weight is 469 g/mol. The van der Waals surface area contributed by atoms with Gasteiger partial charge in [-0.3, -0.25) is 4.79 Å². The van der Waals surface area contributed by atoms with Crippen LogP contribution >= 0.6 is 23.2 Å². The molecule has 0 fully saturated rings. The van der Waals surface area contributed by atoms with Gasteiger partial charge in [0.25, 0.3) is 5.91 Å². The smallest absolute Gasteiger partial charge is 0.262 e. The van der Waals surface area contributed by atoms with Crippen LogP contribution < -0.4 is 10.1 Å². The number of amides is 1. The van der Waals surface area contributed by atoms with E-state index in [0.29, 0.717) is 44.2 Å². The molecule has 0 aliphatic carbocycles. The van der Waals surface area contributed by atoms with E-state index in [0.717, 1.165) is 16.9 Å². The molecule has 0 saturated heterocycles. The molecule has 5 nitrogen and oxygen atoms in total. The molecule has 1 heterocycles. The molecule has 0 atom stereocenters. The predicted molar refractivity (Wildman–Crippen MR) is 129 cm³/mol. The Kier molecular flexibility index (Phi) is 6.40. The maximum atomic E-state index is 12.5. The van der Waals surface area contributed by atoms with Gasteiger partial charge in [-0.25, -0.2) is 4.98 Å². The predicted octanol–water partition coefficient (Wildman–Crippen LogP) is 7.25. The number of aromatic nitrogens is 1. The molecule has 1 amide bonds. The summed E-state index contributed by atoms with van der Waals surface area (Å²) in [6.45, 7) is 6.09. The van der Waals surface area contributed by atoms with Crippen LogP contribution in [-0.2, 0) is 4.79 Å². The van der Waals surface area contributed by atoms with Crippen LogP contribution in [0, 0.1) is 6.92 Å². The maximum Gasteiger partial charge on any atom is 0.262 e. The molecule has 1 N–H and O–H groups in total. The number of carbonyl (C=O) groups is 1. The van der Waals surface area contributed by atoms with Crippen LogP contribution in [-0.4, -0.2) is 17.5 Å². The zero-order chi connectivity index (χ0) is 22.8. The van der Waals surface area contributed by atoms with Crippen molar-refractivity contribution < 1.29 is 13.9 Å². The molecule has 0 saturated carbocycles. The van der Waals surface area contributed by atoms with Crippen molar-refractivity contribution >= 4 is 45.9 Å². The van der Waals surface area contributed by atoms with Crippen molar-refractivity contribution in [2.75, 3.05) is 11.9 Å².